The summed E-state index contributed by atoms with van der Waals surface area (Å²) in [5.41, 5.74) is 0. The fourth-order valence-corrected chi connectivity index (χ4v) is 1.33. The van der Waals surface area contributed by atoms with Gasteiger partial charge in [-0.15, -0.1) is 0 Å². The maximum atomic E-state index is 11.2. The summed E-state index contributed by atoms with van der Waals surface area (Å²) in [5.74, 6) is -0.0339. The highest BCUT2D eigenvalue weighted by atomic mass is 16.5. The Bertz CT molecular complexity index is 167. The van der Waals surface area contributed by atoms with E-state index in [0.717, 1.165) is 26.1 Å². The summed E-state index contributed by atoms with van der Waals surface area (Å²) in [5, 5.41) is 0. The monoisotopic (exact) mass is 199 g/mol. The molecule has 0 aliphatic carbocycles. The minimum absolute atomic E-state index is 0.0339. The molecule has 0 atom stereocenters. The summed E-state index contributed by atoms with van der Waals surface area (Å²) in [7, 11) is 0. The summed E-state index contributed by atoms with van der Waals surface area (Å²) in [6, 6.07) is 0. The summed E-state index contributed by atoms with van der Waals surface area (Å²) in [6.07, 6.45) is 5.22. The van der Waals surface area contributed by atoms with Crippen LogP contribution in [0, 0.1) is 0 Å². The summed E-state index contributed by atoms with van der Waals surface area (Å²) >= 11 is 0. The quantitative estimate of drug-likeness (QED) is 0.339. The predicted octanol–water partition coefficient (Wildman–Crippen LogP) is 1.82. The topological polar surface area (TPSA) is 29.3 Å². The van der Waals surface area contributed by atoms with Crippen LogP contribution >= 0.6 is 0 Å². The molecule has 0 N–H and O–H groups in total. The average Bonchev–Trinajstić information content (AvgIpc) is 2.98. The second-order valence-electron chi connectivity index (χ2n) is 3.87. The van der Waals surface area contributed by atoms with Gasteiger partial charge in [-0.05, 0) is 6.42 Å². The molecule has 0 aromatic carbocycles. The lowest BCUT2D eigenvalue weighted by atomic mass is 10.2. The van der Waals surface area contributed by atoms with Crippen molar-refractivity contribution in [2.24, 2.45) is 0 Å². The van der Waals surface area contributed by atoms with Gasteiger partial charge in [-0.1, -0.05) is 26.2 Å². The van der Waals surface area contributed by atoms with Crippen LogP contribution in [-0.2, 0) is 9.53 Å². The van der Waals surface area contributed by atoms with Crippen LogP contribution in [0.3, 0.4) is 0 Å². The molecule has 0 aromatic rings. The molecule has 14 heavy (non-hydrogen) atoms. The van der Waals surface area contributed by atoms with Crippen molar-refractivity contribution in [3.8, 4) is 0 Å². The third-order valence-electron chi connectivity index (χ3n) is 2.43. The van der Waals surface area contributed by atoms with E-state index in [1.54, 1.807) is 0 Å². The zero-order valence-corrected chi connectivity index (χ0v) is 9.13. The van der Waals surface area contributed by atoms with Crippen molar-refractivity contribution in [3.63, 3.8) is 0 Å². The molecule has 0 bridgehead atoms. The van der Waals surface area contributed by atoms with E-state index < -0.39 is 0 Å². The van der Waals surface area contributed by atoms with Crippen molar-refractivity contribution in [2.75, 3.05) is 26.2 Å². The summed E-state index contributed by atoms with van der Waals surface area (Å²) in [6.45, 7) is 5.98. The molecule has 0 saturated carbocycles. The van der Waals surface area contributed by atoms with Crippen LogP contribution in [0.5, 0.6) is 0 Å². The number of nitrogens with zero attached hydrogens (tertiary/aromatic N) is 1. The van der Waals surface area contributed by atoms with Gasteiger partial charge in [0.1, 0.15) is 0 Å². The Kier molecular flexibility index (Phi) is 5.60. The van der Waals surface area contributed by atoms with E-state index in [0.29, 0.717) is 13.0 Å². The van der Waals surface area contributed by atoms with Gasteiger partial charge in [0.15, 0.2) is 0 Å². The lowest BCUT2D eigenvalue weighted by Crippen LogP contribution is -2.11. The van der Waals surface area contributed by atoms with E-state index in [1.165, 1.54) is 19.3 Å². The first kappa shape index (κ1) is 11.5. The molecular weight excluding hydrogens is 178 g/mol. The van der Waals surface area contributed by atoms with Gasteiger partial charge in [-0.25, -0.2) is 0 Å². The molecule has 0 unspecified atom stereocenters. The van der Waals surface area contributed by atoms with E-state index >= 15 is 0 Å². The molecule has 3 nitrogen and oxygen atoms in total. The third-order valence-corrected chi connectivity index (χ3v) is 2.43. The number of hydrogen-bond donors (Lipinski definition) is 0. The van der Waals surface area contributed by atoms with Crippen LogP contribution in [0.4, 0.5) is 0 Å². The number of esters is 1. The van der Waals surface area contributed by atoms with E-state index in [2.05, 4.69) is 11.8 Å². The normalized spacial score (nSPS) is 15.5. The maximum absolute atomic E-state index is 11.2. The Morgan fingerprint density at radius 2 is 2.07 bits per heavy atom. The number of rotatable bonds is 8. The molecule has 0 aromatic heterocycles. The molecule has 1 rings (SSSR count). The number of ether oxygens (including phenoxy) is 1. The molecule has 1 heterocycles. The number of carbonyl (C=O) groups excluding carboxylic acids is 1. The van der Waals surface area contributed by atoms with E-state index in [-0.39, 0.29) is 5.97 Å². The van der Waals surface area contributed by atoms with E-state index in [9.17, 15) is 4.79 Å². The maximum Gasteiger partial charge on any atom is 0.307 e. The second-order valence-corrected chi connectivity index (χ2v) is 3.87. The molecule has 0 spiro atoms. The van der Waals surface area contributed by atoms with Gasteiger partial charge >= 0.3 is 5.97 Å². The van der Waals surface area contributed by atoms with Crippen LogP contribution in [-0.4, -0.2) is 37.1 Å². The van der Waals surface area contributed by atoms with Crippen LogP contribution in [0.25, 0.3) is 0 Å². The van der Waals surface area contributed by atoms with E-state index in [1.807, 2.05) is 0 Å². The highest BCUT2D eigenvalue weighted by Gasteiger charge is 2.17. The van der Waals surface area contributed by atoms with Crippen molar-refractivity contribution in [2.45, 2.75) is 39.0 Å². The van der Waals surface area contributed by atoms with Gasteiger partial charge in [0, 0.05) is 19.6 Å². The minimum atomic E-state index is -0.0339. The smallest absolute Gasteiger partial charge is 0.307 e. The Hall–Kier alpha value is -0.570. The lowest BCUT2D eigenvalue weighted by Gasteiger charge is -2.04. The predicted molar refractivity (Wildman–Crippen MR) is 56.2 cm³/mol. The molecule has 1 aliphatic heterocycles. The first-order chi connectivity index (χ1) is 6.83. The molecule has 3 heteroatoms. The standard InChI is InChI=1S/C11H21NO2/c1-2-3-4-5-10-14-11(13)6-7-12-8-9-12/h2-10H2,1H3. The molecule has 0 amide bonds. The van der Waals surface area contributed by atoms with Crippen molar-refractivity contribution < 1.29 is 9.53 Å². The van der Waals surface area contributed by atoms with Crippen molar-refractivity contribution in [1.29, 1.82) is 0 Å². The van der Waals surface area contributed by atoms with Crippen molar-refractivity contribution in [1.82, 2.24) is 4.90 Å². The zero-order valence-electron chi connectivity index (χ0n) is 9.13. The Labute approximate surface area is 86.4 Å². The molecule has 0 radical (unpaired) electrons. The van der Waals surface area contributed by atoms with Gasteiger partial charge in [-0.2, -0.15) is 0 Å². The Morgan fingerprint density at radius 3 is 2.71 bits per heavy atom. The zero-order chi connectivity index (χ0) is 10.2. The van der Waals surface area contributed by atoms with E-state index in [4.69, 9.17) is 4.74 Å². The molecular formula is C11H21NO2. The minimum Gasteiger partial charge on any atom is -0.466 e. The molecule has 1 saturated heterocycles. The van der Waals surface area contributed by atoms with Gasteiger partial charge in [0.05, 0.1) is 13.0 Å². The summed E-state index contributed by atoms with van der Waals surface area (Å²) in [4.78, 5) is 13.4. The van der Waals surface area contributed by atoms with Crippen LogP contribution in [0.15, 0.2) is 0 Å². The second kappa shape index (κ2) is 6.82. The van der Waals surface area contributed by atoms with Gasteiger partial charge in [0.25, 0.3) is 0 Å². The number of hydrogen-bond acceptors (Lipinski definition) is 3. The van der Waals surface area contributed by atoms with Crippen molar-refractivity contribution >= 4 is 5.97 Å². The number of unbranched alkanes of at least 4 members (excludes halogenated alkanes) is 3. The Morgan fingerprint density at radius 1 is 1.29 bits per heavy atom. The number of carbonyl (C=O) groups is 1. The Balaban J connectivity index is 1.81. The first-order valence-electron chi connectivity index (χ1n) is 5.71. The lowest BCUT2D eigenvalue weighted by molar-refractivity contribution is -0.143. The van der Waals surface area contributed by atoms with Crippen LogP contribution < -0.4 is 0 Å². The van der Waals surface area contributed by atoms with Gasteiger partial charge in [-0.3, -0.25) is 4.79 Å². The third kappa shape index (κ3) is 5.97. The fraction of sp³-hybridized carbons (Fsp3) is 0.909. The average molecular weight is 199 g/mol. The fourth-order valence-electron chi connectivity index (χ4n) is 1.33. The van der Waals surface area contributed by atoms with Crippen LogP contribution in [0.2, 0.25) is 0 Å². The highest BCUT2D eigenvalue weighted by Crippen LogP contribution is 2.05. The van der Waals surface area contributed by atoms with Gasteiger partial charge in [0.2, 0.25) is 0 Å². The highest BCUT2D eigenvalue weighted by molar-refractivity contribution is 5.69. The van der Waals surface area contributed by atoms with Crippen LogP contribution in [0.1, 0.15) is 39.0 Å². The van der Waals surface area contributed by atoms with Gasteiger partial charge < -0.3 is 9.64 Å². The largest absolute Gasteiger partial charge is 0.466 e. The molecule has 1 fully saturated rings. The molecule has 1 aliphatic rings. The SMILES string of the molecule is CCCCCCOC(=O)CCN1CC1. The molecule has 82 valence electrons. The first-order valence-corrected chi connectivity index (χ1v) is 5.71. The van der Waals surface area contributed by atoms with Crippen molar-refractivity contribution in [3.05, 3.63) is 0 Å². The summed E-state index contributed by atoms with van der Waals surface area (Å²) < 4.78 is 5.10.